The van der Waals surface area contributed by atoms with Gasteiger partial charge in [-0.1, -0.05) is 6.92 Å². The maximum absolute atomic E-state index is 13.0. The summed E-state index contributed by atoms with van der Waals surface area (Å²) in [5.74, 6) is 1.87. The molecule has 1 atom stereocenters. The Morgan fingerprint density at radius 1 is 1.41 bits per heavy atom. The van der Waals surface area contributed by atoms with E-state index in [2.05, 4.69) is 19.2 Å². The van der Waals surface area contributed by atoms with E-state index in [0.717, 1.165) is 29.6 Å². The maximum Gasteiger partial charge on any atom is 0.127 e. The van der Waals surface area contributed by atoms with Crippen molar-refractivity contribution in [3.05, 3.63) is 29.6 Å². The normalized spacial score (nSPS) is 12.6. The minimum Gasteiger partial charge on any atom is -0.508 e. The van der Waals surface area contributed by atoms with E-state index in [1.165, 1.54) is 6.07 Å². The smallest absolute Gasteiger partial charge is 0.127 e. The zero-order valence-electron chi connectivity index (χ0n) is 10.4. The molecule has 0 aliphatic carbocycles. The average Bonchev–Trinajstić information content (AvgIpc) is 2.25. The fourth-order valence-electron chi connectivity index (χ4n) is 1.53. The largest absolute Gasteiger partial charge is 0.508 e. The van der Waals surface area contributed by atoms with Crippen LogP contribution in [0.4, 0.5) is 4.39 Å². The molecule has 0 spiro atoms. The number of halogens is 1. The molecule has 1 aromatic rings. The van der Waals surface area contributed by atoms with E-state index in [0.29, 0.717) is 12.6 Å². The summed E-state index contributed by atoms with van der Waals surface area (Å²) in [6.07, 6.45) is 1.10. The first-order chi connectivity index (χ1) is 8.11. The Labute approximate surface area is 107 Å². The third-order valence-electron chi connectivity index (χ3n) is 2.50. The molecule has 2 nitrogen and oxygen atoms in total. The molecule has 4 heteroatoms. The van der Waals surface area contributed by atoms with Crippen molar-refractivity contribution in [2.75, 3.05) is 11.5 Å². The van der Waals surface area contributed by atoms with Crippen LogP contribution in [0.3, 0.4) is 0 Å². The van der Waals surface area contributed by atoms with Gasteiger partial charge in [-0.15, -0.1) is 0 Å². The minimum atomic E-state index is -0.393. The Balaban J connectivity index is 2.34. The zero-order valence-corrected chi connectivity index (χ0v) is 11.2. The van der Waals surface area contributed by atoms with Crippen LogP contribution in [0.5, 0.6) is 5.75 Å². The lowest BCUT2D eigenvalue weighted by atomic mass is 10.2. The highest BCUT2D eigenvalue weighted by atomic mass is 32.2. The fraction of sp³-hybridized carbons (Fsp3) is 0.538. The van der Waals surface area contributed by atoms with Gasteiger partial charge in [0, 0.05) is 18.7 Å². The molecular formula is C13H20FNOS. The van der Waals surface area contributed by atoms with Gasteiger partial charge in [0.05, 0.1) is 0 Å². The predicted molar refractivity (Wildman–Crippen MR) is 72.0 cm³/mol. The molecule has 2 N–H and O–H groups in total. The molecule has 0 amide bonds. The highest BCUT2D eigenvalue weighted by Crippen LogP contribution is 2.14. The number of nitrogens with one attached hydrogen (secondary N) is 1. The van der Waals surface area contributed by atoms with Crippen molar-refractivity contribution in [3.63, 3.8) is 0 Å². The molecule has 0 radical (unpaired) electrons. The number of phenols is 1. The number of hydrogen-bond acceptors (Lipinski definition) is 3. The molecular weight excluding hydrogens is 237 g/mol. The summed E-state index contributed by atoms with van der Waals surface area (Å²) >= 11 is 1.92. The molecule has 96 valence electrons. The molecule has 0 aromatic heterocycles. The Kier molecular flexibility index (Phi) is 6.37. The monoisotopic (exact) mass is 257 g/mol. The third-order valence-corrected chi connectivity index (χ3v) is 3.43. The van der Waals surface area contributed by atoms with Gasteiger partial charge in [-0.25, -0.2) is 4.39 Å². The summed E-state index contributed by atoms with van der Waals surface area (Å²) in [5, 5.41) is 12.6. The number of rotatable bonds is 7. The van der Waals surface area contributed by atoms with Gasteiger partial charge in [-0.05, 0) is 42.5 Å². The van der Waals surface area contributed by atoms with Crippen LogP contribution in [0.2, 0.25) is 0 Å². The zero-order chi connectivity index (χ0) is 12.7. The van der Waals surface area contributed by atoms with Crippen molar-refractivity contribution in [1.82, 2.24) is 5.32 Å². The summed E-state index contributed by atoms with van der Waals surface area (Å²) < 4.78 is 13.0. The van der Waals surface area contributed by atoms with E-state index < -0.39 is 5.82 Å². The van der Waals surface area contributed by atoms with E-state index >= 15 is 0 Å². The molecule has 0 fully saturated rings. The highest BCUT2D eigenvalue weighted by Gasteiger charge is 2.03. The standard InChI is InChI=1S/C13H20FNOS/c1-3-17-5-4-10(2)15-9-11-6-12(14)8-13(16)7-11/h6-8,10,15-16H,3-5,9H2,1-2H3. The lowest BCUT2D eigenvalue weighted by molar-refractivity contribution is 0.466. The fourth-order valence-corrected chi connectivity index (χ4v) is 2.34. The topological polar surface area (TPSA) is 32.3 Å². The Morgan fingerprint density at radius 3 is 2.82 bits per heavy atom. The lowest BCUT2D eigenvalue weighted by Gasteiger charge is -2.13. The van der Waals surface area contributed by atoms with Crippen LogP contribution in [-0.2, 0) is 6.54 Å². The van der Waals surface area contributed by atoms with Crippen LogP contribution in [-0.4, -0.2) is 22.7 Å². The van der Waals surface area contributed by atoms with E-state index in [4.69, 9.17) is 0 Å². The van der Waals surface area contributed by atoms with Crippen molar-refractivity contribution in [1.29, 1.82) is 0 Å². The predicted octanol–water partition coefficient (Wildman–Crippen LogP) is 3.15. The maximum atomic E-state index is 13.0. The van der Waals surface area contributed by atoms with Crippen LogP contribution in [0, 0.1) is 5.82 Å². The molecule has 1 aromatic carbocycles. The van der Waals surface area contributed by atoms with E-state index in [-0.39, 0.29) is 5.75 Å². The van der Waals surface area contributed by atoms with Gasteiger partial charge >= 0.3 is 0 Å². The van der Waals surface area contributed by atoms with Crippen molar-refractivity contribution in [3.8, 4) is 5.75 Å². The van der Waals surface area contributed by atoms with Gasteiger partial charge in [-0.2, -0.15) is 11.8 Å². The highest BCUT2D eigenvalue weighted by molar-refractivity contribution is 7.99. The molecule has 0 saturated heterocycles. The second kappa shape index (κ2) is 7.56. The van der Waals surface area contributed by atoms with Crippen LogP contribution in [0.15, 0.2) is 18.2 Å². The van der Waals surface area contributed by atoms with Crippen LogP contribution >= 0.6 is 11.8 Å². The molecule has 1 rings (SSSR count). The minimum absolute atomic E-state index is 0.0176. The van der Waals surface area contributed by atoms with Crippen molar-refractivity contribution in [2.45, 2.75) is 32.9 Å². The number of hydrogen-bond donors (Lipinski definition) is 2. The van der Waals surface area contributed by atoms with E-state index in [9.17, 15) is 9.50 Å². The Hall–Kier alpha value is -0.740. The van der Waals surface area contributed by atoms with E-state index in [1.807, 2.05) is 11.8 Å². The number of thioether (sulfide) groups is 1. The van der Waals surface area contributed by atoms with Gasteiger partial charge in [0.2, 0.25) is 0 Å². The molecule has 1 unspecified atom stereocenters. The molecule has 0 bridgehead atoms. The first-order valence-electron chi connectivity index (χ1n) is 5.91. The quantitative estimate of drug-likeness (QED) is 0.736. The molecule has 17 heavy (non-hydrogen) atoms. The second-order valence-electron chi connectivity index (χ2n) is 4.09. The summed E-state index contributed by atoms with van der Waals surface area (Å²) in [4.78, 5) is 0. The van der Waals surface area contributed by atoms with Gasteiger partial charge in [0.25, 0.3) is 0 Å². The van der Waals surface area contributed by atoms with Gasteiger partial charge in [-0.3, -0.25) is 0 Å². The van der Waals surface area contributed by atoms with Crippen LogP contribution in [0.1, 0.15) is 25.8 Å². The van der Waals surface area contributed by atoms with Crippen LogP contribution in [0.25, 0.3) is 0 Å². The first-order valence-corrected chi connectivity index (χ1v) is 7.07. The van der Waals surface area contributed by atoms with Crippen molar-refractivity contribution >= 4 is 11.8 Å². The van der Waals surface area contributed by atoms with Gasteiger partial charge in [0.15, 0.2) is 0 Å². The molecule has 0 aliphatic rings. The lowest BCUT2D eigenvalue weighted by Crippen LogP contribution is -2.26. The third kappa shape index (κ3) is 5.94. The number of phenolic OH excluding ortho intramolecular Hbond substituents is 1. The Bertz CT molecular complexity index is 326. The van der Waals surface area contributed by atoms with E-state index in [1.54, 1.807) is 6.07 Å². The first kappa shape index (κ1) is 14.3. The Morgan fingerprint density at radius 2 is 2.18 bits per heavy atom. The summed E-state index contributed by atoms with van der Waals surface area (Å²) in [6.45, 7) is 4.86. The van der Waals surface area contributed by atoms with Gasteiger partial charge < -0.3 is 10.4 Å². The molecule has 0 heterocycles. The summed E-state index contributed by atoms with van der Waals surface area (Å²) in [7, 11) is 0. The van der Waals surface area contributed by atoms with Crippen LogP contribution < -0.4 is 5.32 Å². The number of aromatic hydroxyl groups is 1. The molecule has 0 aliphatic heterocycles. The van der Waals surface area contributed by atoms with Crippen molar-refractivity contribution in [2.24, 2.45) is 0 Å². The van der Waals surface area contributed by atoms with Crippen molar-refractivity contribution < 1.29 is 9.50 Å². The SMILES string of the molecule is CCSCCC(C)NCc1cc(O)cc(F)c1. The second-order valence-corrected chi connectivity index (χ2v) is 5.48. The van der Waals surface area contributed by atoms with Gasteiger partial charge in [0.1, 0.15) is 11.6 Å². The average molecular weight is 257 g/mol. The number of benzene rings is 1. The molecule has 0 saturated carbocycles. The summed E-state index contributed by atoms with van der Waals surface area (Å²) in [6, 6.07) is 4.55. The summed E-state index contributed by atoms with van der Waals surface area (Å²) in [5.41, 5.74) is 0.775.